The summed E-state index contributed by atoms with van der Waals surface area (Å²) in [5, 5.41) is 118. The zero-order valence-corrected chi connectivity index (χ0v) is 57.7. The van der Waals surface area contributed by atoms with E-state index in [1.165, 1.54) is 20.8 Å². The largest absolute Gasteiger partial charge is 0.396 e. The quantitative estimate of drug-likeness (QED) is 0.0252. The van der Waals surface area contributed by atoms with E-state index in [1.54, 1.807) is 7.05 Å². The van der Waals surface area contributed by atoms with Gasteiger partial charge in [-0.05, 0) is 71.3 Å². The monoisotopic (exact) mass is 1430 g/mol. The number of unbranched alkanes of at least 4 members (excludes halogenated alkanes) is 3. The third-order valence-corrected chi connectivity index (χ3v) is 16.6. The average Bonchev–Trinajstić information content (AvgIpc) is 0.824. The first kappa shape index (κ1) is 87.7. The maximum absolute atomic E-state index is 12.8. The van der Waals surface area contributed by atoms with Crippen molar-refractivity contribution in [3.05, 3.63) is 0 Å². The first-order valence-electron chi connectivity index (χ1n) is 34.3. The number of likely N-dealkylation sites (N-methyl/N-ethyl adjacent to an activating group) is 1. The molecule has 0 spiro atoms. The Labute approximate surface area is 577 Å². The summed E-state index contributed by atoms with van der Waals surface area (Å²) in [6, 6.07) is -2.99. The number of ether oxygens (including phenoxy) is 8. The van der Waals surface area contributed by atoms with Crippen molar-refractivity contribution in [2.45, 2.75) is 215 Å². The Morgan fingerprint density at radius 3 is 1.01 bits per heavy atom. The predicted molar refractivity (Wildman–Crippen MR) is 349 cm³/mol. The molecule has 0 radical (unpaired) electrons. The number of carbonyl (C=O) groups excluding carboxylic acids is 9. The highest BCUT2D eigenvalue weighted by molar-refractivity contribution is 5.78. The zero-order chi connectivity index (χ0) is 73.1. The van der Waals surface area contributed by atoms with Crippen molar-refractivity contribution in [3.8, 4) is 0 Å². The predicted octanol–water partition coefficient (Wildman–Crippen LogP) is -6.91. The van der Waals surface area contributed by atoms with Crippen LogP contribution in [0, 0.1) is 5.92 Å². The third kappa shape index (κ3) is 34.8. The van der Waals surface area contributed by atoms with Crippen molar-refractivity contribution in [2.24, 2.45) is 5.92 Å². The average molecular weight is 1430 g/mol. The lowest BCUT2D eigenvalue weighted by molar-refractivity contribution is -0.270. The molecule has 36 heteroatoms. The first-order valence-corrected chi connectivity index (χ1v) is 34.3. The molecule has 0 aromatic carbocycles. The van der Waals surface area contributed by atoms with Crippen molar-refractivity contribution in [2.75, 3.05) is 126 Å². The molecule has 572 valence electrons. The molecule has 3 rings (SSSR count). The van der Waals surface area contributed by atoms with Crippen LogP contribution in [0.5, 0.6) is 0 Å². The van der Waals surface area contributed by atoms with Crippen LogP contribution in [0.4, 0.5) is 0 Å². The number of carbonyl (C=O) groups is 9. The molecule has 2 heterocycles. The fourth-order valence-corrected chi connectivity index (χ4v) is 10.9. The summed E-state index contributed by atoms with van der Waals surface area (Å²) in [7, 11) is 1.66. The number of aliphatic hydroxyl groups excluding tert-OH is 9. The minimum Gasteiger partial charge on any atom is -0.396 e. The number of hydrogen-bond acceptors (Lipinski definition) is 27. The van der Waals surface area contributed by atoms with Gasteiger partial charge in [-0.1, -0.05) is 0 Å². The van der Waals surface area contributed by atoms with Crippen LogP contribution in [0.3, 0.4) is 0 Å². The highest BCUT2D eigenvalue weighted by Crippen LogP contribution is 2.29. The summed E-state index contributed by atoms with van der Waals surface area (Å²) >= 11 is 0. The van der Waals surface area contributed by atoms with Gasteiger partial charge in [0.25, 0.3) is 0 Å². The van der Waals surface area contributed by atoms with E-state index < -0.39 is 128 Å². The lowest BCUT2D eigenvalue weighted by Gasteiger charge is -2.42. The Balaban J connectivity index is 1.36. The molecule has 3 aliphatic rings. The van der Waals surface area contributed by atoms with Gasteiger partial charge in [-0.25, -0.2) is 0 Å². The van der Waals surface area contributed by atoms with Crippen molar-refractivity contribution in [3.63, 3.8) is 0 Å². The lowest BCUT2D eigenvalue weighted by Crippen LogP contribution is -2.64. The summed E-state index contributed by atoms with van der Waals surface area (Å²) in [4.78, 5) is 111. The van der Waals surface area contributed by atoms with Crippen LogP contribution in [-0.2, 0) is 81.0 Å². The van der Waals surface area contributed by atoms with Gasteiger partial charge in [0.05, 0.1) is 76.6 Å². The molecule has 19 N–H and O–H groups in total. The van der Waals surface area contributed by atoms with Crippen LogP contribution in [-0.4, -0.2) is 316 Å². The second-order valence-electron chi connectivity index (χ2n) is 24.9. The molecule has 9 unspecified atom stereocenters. The van der Waals surface area contributed by atoms with E-state index in [0.717, 1.165) is 0 Å². The summed E-state index contributed by atoms with van der Waals surface area (Å²) in [6.07, 6.45) is -8.58. The molecule has 2 aliphatic heterocycles. The van der Waals surface area contributed by atoms with Gasteiger partial charge >= 0.3 is 0 Å². The first-order chi connectivity index (χ1) is 47.4. The zero-order valence-electron chi connectivity index (χ0n) is 57.7. The molecule has 0 aromatic rings. The summed E-state index contributed by atoms with van der Waals surface area (Å²) in [5.74, 6) is -3.50. The van der Waals surface area contributed by atoms with Crippen LogP contribution in [0.1, 0.15) is 124 Å². The van der Waals surface area contributed by atoms with Gasteiger partial charge in [0.2, 0.25) is 53.2 Å². The number of hydrogen-bond donors (Lipinski definition) is 19. The van der Waals surface area contributed by atoms with E-state index in [2.05, 4.69) is 53.2 Å². The van der Waals surface area contributed by atoms with Gasteiger partial charge < -0.3 is 137 Å². The van der Waals surface area contributed by atoms with Crippen LogP contribution in [0.25, 0.3) is 0 Å². The van der Waals surface area contributed by atoms with E-state index in [-0.39, 0.29) is 166 Å². The molecule has 99 heavy (non-hydrogen) atoms. The summed E-state index contributed by atoms with van der Waals surface area (Å²) in [5.41, 5.74) is -0.993. The number of rotatable bonds is 52. The molecule has 9 amide bonds. The molecular weight excluding hydrogens is 1310 g/mol. The van der Waals surface area contributed by atoms with Gasteiger partial charge in [0, 0.05) is 131 Å². The van der Waals surface area contributed by atoms with Gasteiger partial charge in [-0.2, -0.15) is 0 Å². The fourth-order valence-electron chi connectivity index (χ4n) is 10.9. The number of amides is 9. The number of aliphatic hydroxyl groups is 9. The van der Waals surface area contributed by atoms with E-state index in [4.69, 9.17) is 37.9 Å². The van der Waals surface area contributed by atoms with Gasteiger partial charge in [-0.15, -0.1) is 0 Å². The van der Waals surface area contributed by atoms with Crippen LogP contribution >= 0.6 is 0 Å². The molecule has 2 saturated heterocycles. The maximum atomic E-state index is 12.8. The minimum absolute atomic E-state index is 0.00132. The van der Waals surface area contributed by atoms with Crippen LogP contribution < -0.4 is 53.2 Å². The topological polar surface area (TPSA) is 530 Å². The molecule has 1 saturated carbocycles. The number of nitrogens with one attached hydrogen (secondary N) is 10. The van der Waals surface area contributed by atoms with E-state index in [1.807, 2.05) is 0 Å². The highest BCUT2D eigenvalue weighted by Gasteiger charge is 2.47. The van der Waals surface area contributed by atoms with Gasteiger partial charge in [0.1, 0.15) is 54.8 Å². The van der Waals surface area contributed by atoms with E-state index >= 15 is 0 Å². The Hall–Kier alpha value is -5.49. The molecule has 0 aromatic heterocycles. The lowest BCUT2D eigenvalue weighted by atomic mass is 9.79. The molecule has 36 nitrogen and oxygen atoms in total. The molecule has 15 atom stereocenters. The van der Waals surface area contributed by atoms with E-state index in [0.29, 0.717) is 77.4 Å². The summed E-state index contributed by atoms with van der Waals surface area (Å²) in [6.45, 7) is 4.43. The maximum Gasteiger partial charge on any atom is 0.222 e. The van der Waals surface area contributed by atoms with Gasteiger partial charge in [-0.3, -0.25) is 43.2 Å². The Kier molecular flexibility index (Phi) is 44.3. The second kappa shape index (κ2) is 50.0. The Morgan fingerprint density at radius 1 is 0.384 bits per heavy atom. The Bertz CT molecular complexity index is 2130. The fraction of sp³-hybridized carbons (Fsp3) is 0.857. The van der Waals surface area contributed by atoms with Crippen molar-refractivity contribution in [1.82, 2.24) is 53.2 Å². The molecule has 0 bridgehead atoms. The van der Waals surface area contributed by atoms with E-state index in [9.17, 15) is 89.1 Å². The van der Waals surface area contributed by atoms with Crippen molar-refractivity contribution < 1.29 is 127 Å². The standard InChI is InChI=1S/C63H114N10O26/c1-39(77)71-52-43(32-42(33-74)55(86)58(52)89)95-26-8-5-14-46(80)65-20-11-23-68-49(83)17-29-92-36-63(64-4,37-93-30-18-50(84)69-24-12-21-66-47(81)15-6-9-27-96-61-53(72-40(2)78)59(90)56(87)44(34-75)98-61)38-94-31-19-51(85)70-25-13-22-67-48(82)16-7-10-28-97-62-54(73-41(3)79)60(91)57(88)45(35-76)99-62/h42-45,52-62,64,74-76,86-91H,5-38H2,1-4H3,(H,65,80)(H,66,81)(H,67,82)(H,68,83)(H,69,84)(H,70,85)(H,71,77)(H,72,78)(H,73,79)/t42?,43-,44?,45?,52?,53?,54?,55+,56+,57+,58?,59?,60?,61-,62-,63?/m1/s1. The third-order valence-electron chi connectivity index (χ3n) is 16.6. The van der Waals surface area contributed by atoms with Crippen molar-refractivity contribution >= 4 is 53.2 Å². The molecule has 3 fully saturated rings. The summed E-state index contributed by atoms with van der Waals surface area (Å²) < 4.78 is 46.2. The Morgan fingerprint density at radius 2 is 0.697 bits per heavy atom. The minimum atomic E-state index is -1.44. The highest BCUT2D eigenvalue weighted by atomic mass is 16.7. The molecule has 1 aliphatic carbocycles. The SMILES string of the molecule is CNC(COCCC(=O)NCCCNC(=O)CCCCO[C@@H]1OC(CO)[C@H](O)C(O)C1NC(C)=O)(COCCC(=O)NCCCNC(=O)CCCCO[C@@H]1OC(CO)[C@H](O)C(O)C1NC(C)=O)COCCC(=O)NCCCNC(=O)CCCCO[C@@H]1CC(CO)[C@H](O)C(O)C1NC(C)=O. The normalized spacial score (nSPS) is 25.8. The van der Waals surface area contributed by atoms with Gasteiger partial charge in [0.15, 0.2) is 12.6 Å². The van der Waals surface area contributed by atoms with Crippen LogP contribution in [0.15, 0.2) is 0 Å². The second-order valence-corrected chi connectivity index (χ2v) is 24.9. The van der Waals surface area contributed by atoms with Crippen molar-refractivity contribution in [1.29, 1.82) is 0 Å². The molecular formula is C63H114N10O26. The smallest absolute Gasteiger partial charge is 0.222 e. The van der Waals surface area contributed by atoms with Crippen LogP contribution in [0.2, 0.25) is 0 Å².